The zero-order valence-corrected chi connectivity index (χ0v) is 16.6. The summed E-state index contributed by atoms with van der Waals surface area (Å²) in [5.74, 6) is -0.393. The molecule has 2 aromatic heterocycles. The number of nitrogens with zero attached hydrogens (tertiary/aromatic N) is 1. The number of benzene rings is 1. The van der Waals surface area contributed by atoms with Crippen molar-refractivity contribution in [1.29, 1.82) is 5.26 Å². The zero-order valence-electron chi connectivity index (χ0n) is 14.9. The van der Waals surface area contributed by atoms with Gasteiger partial charge in [0.2, 0.25) is 0 Å². The second-order valence-electron chi connectivity index (χ2n) is 5.52. The van der Waals surface area contributed by atoms with Crippen LogP contribution in [0.5, 0.6) is 5.75 Å². The molecule has 1 aromatic carbocycles. The van der Waals surface area contributed by atoms with Crippen LogP contribution in [-0.2, 0) is 9.53 Å². The van der Waals surface area contributed by atoms with Crippen LogP contribution in [-0.4, -0.2) is 25.1 Å². The smallest absolute Gasteiger partial charge is 0.341 e. The highest BCUT2D eigenvalue weighted by Gasteiger charge is 2.23. The number of carbonyl (C=O) groups is 2. The topological polar surface area (TPSA) is 88.4 Å². The molecule has 0 atom stereocenters. The molecule has 1 amide bonds. The third-order valence-corrected chi connectivity index (χ3v) is 5.46. The third kappa shape index (κ3) is 4.57. The fraction of sp³-hybridized carbons (Fsp3) is 0.150. The molecular formula is C20H16N2O4S2. The van der Waals surface area contributed by atoms with Crippen LogP contribution in [0.2, 0.25) is 0 Å². The molecule has 3 aromatic rings. The van der Waals surface area contributed by atoms with Crippen molar-refractivity contribution in [3.63, 3.8) is 0 Å². The van der Waals surface area contributed by atoms with Gasteiger partial charge in [0.1, 0.15) is 16.3 Å². The van der Waals surface area contributed by atoms with E-state index in [1.54, 1.807) is 31.2 Å². The summed E-state index contributed by atoms with van der Waals surface area (Å²) < 4.78 is 10.6. The van der Waals surface area contributed by atoms with E-state index < -0.39 is 11.9 Å². The number of nitriles is 1. The maximum Gasteiger partial charge on any atom is 0.341 e. The van der Waals surface area contributed by atoms with Crippen LogP contribution >= 0.6 is 22.7 Å². The maximum atomic E-state index is 12.4. The Balaban J connectivity index is 1.72. The quantitative estimate of drug-likeness (QED) is 0.576. The summed E-state index contributed by atoms with van der Waals surface area (Å²) in [7, 11) is 0. The van der Waals surface area contributed by atoms with Crippen molar-refractivity contribution in [2.75, 3.05) is 18.5 Å². The molecule has 0 unspecified atom stereocenters. The van der Waals surface area contributed by atoms with E-state index in [-0.39, 0.29) is 13.2 Å². The van der Waals surface area contributed by atoms with Gasteiger partial charge in [0, 0.05) is 15.8 Å². The molecule has 6 nitrogen and oxygen atoms in total. The molecule has 0 aliphatic rings. The molecule has 0 radical (unpaired) electrons. The Morgan fingerprint density at radius 1 is 1.18 bits per heavy atom. The Labute approximate surface area is 170 Å². The normalized spacial score (nSPS) is 10.1. The minimum Gasteiger partial charge on any atom is -0.484 e. The molecule has 0 aliphatic heterocycles. The molecule has 3 rings (SSSR count). The molecular weight excluding hydrogens is 396 g/mol. The maximum absolute atomic E-state index is 12.4. The van der Waals surface area contributed by atoms with Gasteiger partial charge >= 0.3 is 5.97 Å². The van der Waals surface area contributed by atoms with Crippen LogP contribution in [0.25, 0.3) is 10.4 Å². The van der Waals surface area contributed by atoms with Crippen LogP contribution in [0.1, 0.15) is 22.8 Å². The number of thiophene rings is 2. The highest BCUT2D eigenvalue weighted by molar-refractivity contribution is 7.17. The van der Waals surface area contributed by atoms with Crippen LogP contribution in [0.3, 0.4) is 0 Å². The van der Waals surface area contributed by atoms with Gasteiger partial charge in [-0.2, -0.15) is 5.26 Å². The number of carbonyl (C=O) groups excluding carboxylic acids is 2. The number of hydrogen-bond acceptors (Lipinski definition) is 7. The largest absolute Gasteiger partial charge is 0.484 e. The highest BCUT2D eigenvalue weighted by atomic mass is 32.1. The van der Waals surface area contributed by atoms with Crippen LogP contribution in [0, 0.1) is 11.3 Å². The molecule has 28 heavy (non-hydrogen) atoms. The lowest BCUT2D eigenvalue weighted by Gasteiger charge is -2.09. The van der Waals surface area contributed by atoms with Gasteiger partial charge in [0.25, 0.3) is 5.91 Å². The summed E-state index contributed by atoms with van der Waals surface area (Å²) in [5.41, 5.74) is 1.60. The molecule has 142 valence electrons. The Morgan fingerprint density at radius 2 is 1.96 bits per heavy atom. The van der Waals surface area contributed by atoms with E-state index in [0.717, 1.165) is 10.4 Å². The van der Waals surface area contributed by atoms with Gasteiger partial charge in [-0.25, -0.2) is 4.79 Å². The Bertz CT molecular complexity index is 1000. The van der Waals surface area contributed by atoms with Crippen LogP contribution < -0.4 is 10.1 Å². The number of anilines is 1. The third-order valence-electron chi connectivity index (χ3n) is 3.66. The summed E-state index contributed by atoms with van der Waals surface area (Å²) in [6.45, 7) is 1.76. The summed E-state index contributed by atoms with van der Waals surface area (Å²) in [5, 5.41) is 15.7. The average Bonchev–Trinajstić information content (AvgIpc) is 3.36. The summed E-state index contributed by atoms with van der Waals surface area (Å²) in [4.78, 5) is 25.7. The minimum absolute atomic E-state index is 0.222. The molecule has 8 heteroatoms. The van der Waals surface area contributed by atoms with Crippen molar-refractivity contribution in [2.45, 2.75) is 6.92 Å². The van der Waals surface area contributed by atoms with Gasteiger partial charge < -0.3 is 14.8 Å². The molecule has 0 saturated heterocycles. The standard InChI is InChI=1S/C20H16N2O4S2/c1-2-25-20(24)18-15(16-4-3-9-27-16)12-28-19(18)22-17(23)11-26-14-7-5-13(10-21)6-8-14/h3-9,12H,2,11H2,1H3,(H,22,23). The van der Waals surface area contributed by atoms with Gasteiger partial charge in [-0.1, -0.05) is 6.07 Å². The van der Waals surface area contributed by atoms with Crippen molar-refractivity contribution in [3.05, 3.63) is 58.3 Å². The molecule has 0 fully saturated rings. The first-order valence-electron chi connectivity index (χ1n) is 8.37. The fourth-order valence-corrected chi connectivity index (χ4v) is 4.19. The number of nitrogens with one attached hydrogen (secondary N) is 1. The summed E-state index contributed by atoms with van der Waals surface area (Å²) >= 11 is 2.77. The van der Waals surface area contributed by atoms with Crippen molar-refractivity contribution < 1.29 is 19.1 Å². The first kappa shape index (κ1) is 19.6. The zero-order chi connectivity index (χ0) is 19.9. The van der Waals surface area contributed by atoms with Crippen molar-refractivity contribution in [2.24, 2.45) is 0 Å². The first-order valence-corrected chi connectivity index (χ1v) is 10.1. The number of rotatable bonds is 7. The molecule has 0 spiro atoms. The average molecular weight is 412 g/mol. The Kier molecular flexibility index (Phi) is 6.42. The van der Waals surface area contributed by atoms with E-state index in [1.165, 1.54) is 22.7 Å². The predicted molar refractivity (Wildman–Crippen MR) is 109 cm³/mol. The van der Waals surface area contributed by atoms with Gasteiger partial charge in [-0.05, 0) is 42.6 Å². The number of hydrogen-bond donors (Lipinski definition) is 1. The monoisotopic (exact) mass is 412 g/mol. The predicted octanol–water partition coefficient (Wildman–Crippen LogP) is 4.54. The molecule has 0 saturated carbocycles. The Morgan fingerprint density at radius 3 is 2.61 bits per heavy atom. The first-order chi connectivity index (χ1) is 13.6. The van der Waals surface area contributed by atoms with Crippen molar-refractivity contribution in [3.8, 4) is 22.3 Å². The van der Waals surface area contributed by atoms with Gasteiger partial charge in [-0.15, -0.1) is 22.7 Å². The number of esters is 1. The minimum atomic E-state index is -0.476. The van der Waals surface area contributed by atoms with Gasteiger partial charge in [0.15, 0.2) is 6.61 Å². The number of amides is 1. The lowest BCUT2D eigenvalue weighted by molar-refractivity contribution is -0.118. The summed E-state index contributed by atoms with van der Waals surface area (Å²) in [6.07, 6.45) is 0. The van der Waals surface area contributed by atoms with Crippen LogP contribution in [0.15, 0.2) is 47.2 Å². The van der Waals surface area contributed by atoms with E-state index in [9.17, 15) is 9.59 Å². The molecule has 0 bridgehead atoms. The lowest BCUT2D eigenvalue weighted by Crippen LogP contribution is -2.21. The second-order valence-corrected chi connectivity index (χ2v) is 7.35. The molecule has 1 N–H and O–H groups in total. The highest BCUT2D eigenvalue weighted by Crippen LogP contribution is 2.38. The van der Waals surface area contributed by atoms with E-state index in [4.69, 9.17) is 14.7 Å². The van der Waals surface area contributed by atoms with E-state index in [2.05, 4.69) is 5.32 Å². The van der Waals surface area contributed by atoms with Crippen molar-refractivity contribution in [1.82, 2.24) is 0 Å². The van der Waals surface area contributed by atoms with E-state index in [1.807, 2.05) is 29.0 Å². The molecule has 2 heterocycles. The molecule has 0 aliphatic carbocycles. The van der Waals surface area contributed by atoms with Crippen LogP contribution in [0.4, 0.5) is 5.00 Å². The Hall–Kier alpha value is -3.15. The fourth-order valence-electron chi connectivity index (χ4n) is 2.41. The number of ether oxygens (including phenoxy) is 2. The van der Waals surface area contributed by atoms with Crippen molar-refractivity contribution >= 4 is 39.6 Å². The van der Waals surface area contributed by atoms with E-state index in [0.29, 0.717) is 21.9 Å². The summed E-state index contributed by atoms with van der Waals surface area (Å²) in [6, 6.07) is 12.3. The van der Waals surface area contributed by atoms with Gasteiger partial charge in [0.05, 0.1) is 18.2 Å². The van der Waals surface area contributed by atoms with E-state index >= 15 is 0 Å². The second kappa shape index (κ2) is 9.17. The SMILES string of the molecule is CCOC(=O)c1c(-c2cccs2)csc1NC(=O)COc1ccc(C#N)cc1. The lowest BCUT2D eigenvalue weighted by atomic mass is 10.1. The van der Waals surface area contributed by atoms with Gasteiger partial charge in [-0.3, -0.25) is 4.79 Å².